The highest BCUT2D eigenvalue weighted by Gasteiger charge is 2.30. The molecule has 1 N–H and O–H groups in total. The molecule has 1 rings (SSSR count). The maximum Gasteiger partial charge on any atom is 0.244 e. The van der Waals surface area contributed by atoms with E-state index in [9.17, 15) is 9.90 Å². The fourth-order valence-electron chi connectivity index (χ4n) is 1.37. The van der Waals surface area contributed by atoms with Crippen molar-refractivity contribution in [3.63, 3.8) is 0 Å². The van der Waals surface area contributed by atoms with Gasteiger partial charge in [-0.05, 0) is 6.42 Å². The van der Waals surface area contributed by atoms with Gasteiger partial charge < -0.3 is 5.11 Å². The molecule has 1 aromatic heterocycles. The Labute approximate surface area is 94.9 Å². The Hall–Kier alpha value is -1.30. The molecule has 16 heavy (non-hydrogen) atoms. The van der Waals surface area contributed by atoms with E-state index in [1.165, 1.54) is 0 Å². The molecule has 0 bridgehead atoms. The van der Waals surface area contributed by atoms with Gasteiger partial charge in [0.05, 0.1) is 13.7 Å². The van der Waals surface area contributed by atoms with Crippen LogP contribution in [0.2, 0.25) is 0 Å². The van der Waals surface area contributed by atoms with Gasteiger partial charge in [0.2, 0.25) is 6.33 Å². The Morgan fingerprint density at radius 1 is 1.62 bits per heavy atom. The molecular formula is C10H19N4O2+. The molecule has 0 fully saturated rings. The molecule has 1 aromatic rings. The molecule has 0 radical (unpaired) electrons. The number of Topliss-reactive ketones (excluding diaryl/α,β-unsaturated/α-hetero) is 1. The van der Waals surface area contributed by atoms with Gasteiger partial charge in [-0.3, -0.25) is 4.79 Å². The summed E-state index contributed by atoms with van der Waals surface area (Å²) in [5.74, 6) is 0.0654. The first kappa shape index (κ1) is 12.8. The molecule has 0 aliphatic carbocycles. The van der Waals surface area contributed by atoms with E-state index in [-0.39, 0.29) is 12.4 Å². The maximum absolute atomic E-state index is 11.9. The van der Waals surface area contributed by atoms with Crippen molar-refractivity contribution in [1.29, 1.82) is 0 Å². The smallest absolute Gasteiger partial charge is 0.244 e. The minimum Gasteiger partial charge on any atom is -0.395 e. The predicted octanol–water partition coefficient (Wildman–Crippen LogP) is -0.530. The average molecular weight is 227 g/mol. The monoisotopic (exact) mass is 227 g/mol. The average Bonchev–Trinajstić information content (AvgIpc) is 2.70. The van der Waals surface area contributed by atoms with Gasteiger partial charge >= 0.3 is 0 Å². The zero-order valence-electron chi connectivity index (χ0n) is 10.1. The summed E-state index contributed by atoms with van der Waals surface area (Å²) < 4.78 is 3.20. The summed E-state index contributed by atoms with van der Waals surface area (Å²) in [5.41, 5.74) is -0.622. The third-order valence-electron chi connectivity index (χ3n) is 2.97. The van der Waals surface area contributed by atoms with Gasteiger partial charge in [0.1, 0.15) is 17.5 Å². The van der Waals surface area contributed by atoms with Crippen molar-refractivity contribution < 1.29 is 14.6 Å². The number of hydrogen-bond donors (Lipinski definition) is 1. The number of nitrogens with zero attached hydrogens (tertiary/aromatic N) is 4. The van der Waals surface area contributed by atoms with E-state index in [1.54, 1.807) is 29.7 Å². The molecule has 6 heteroatoms. The van der Waals surface area contributed by atoms with Crippen LogP contribution in [0.15, 0.2) is 6.33 Å². The van der Waals surface area contributed by atoms with Crippen molar-refractivity contribution in [3.05, 3.63) is 6.33 Å². The van der Waals surface area contributed by atoms with E-state index < -0.39 is 5.41 Å². The molecular weight excluding hydrogens is 208 g/mol. The minimum absolute atomic E-state index is 0.0654. The number of tetrazole rings is 1. The zero-order chi connectivity index (χ0) is 12.2. The first-order valence-corrected chi connectivity index (χ1v) is 5.42. The van der Waals surface area contributed by atoms with Crippen LogP contribution in [0.5, 0.6) is 0 Å². The number of aryl methyl sites for hydroxylation is 2. The Balaban J connectivity index is 2.52. The number of ketones is 1. The second-order valence-electron chi connectivity index (χ2n) is 4.28. The van der Waals surface area contributed by atoms with Gasteiger partial charge in [0, 0.05) is 11.8 Å². The number of carbonyl (C=O) groups is 1. The first-order valence-electron chi connectivity index (χ1n) is 5.42. The van der Waals surface area contributed by atoms with Crippen LogP contribution in [0.4, 0.5) is 0 Å². The van der Waals surface area contributed by atoms with Gasteiger partial charge in [-0.1, -0.05) is 18.5 Å². The fraction of sp³-hybridized carbons (Fsp3) is 0.800. The lowest BCUT2D eigenvalue weighted by Gasteiger charge is -2.23. The SMILES string of the molecule is CCC(C)(CO)C(=O)CCn1c[n+](C)nn1. The molecule has 0 aliphatic heterocycles. The van der Waals surface area contributed by atoms with Crippen molar-refractivity contribution in [1.82, 2.24) is 15.1 Å². The van der Waals surface area contributed by atoms with Crippen LogP contribution in [-0.4, -0.2) is 32.6 Å². The van der Waals surface area contributed by atoms with Crippen LogP contribution in [0.3, 0.4) is 0 Å². The zero-order valence-corrected chi connectivity index (χ0v) is 10.1. The summed E-state index contributed by atoms with van der Waals surface area (Å²) in [6.45, 7) is 4.09. The van der Waals surface area contributed by atoms with Crippen LogP contribution in [-0.2, 0) is 18.4 Å². The van der Waals surface area contributed by atoms with E-state index in [0.717, 1.165) is 0 Å². The van der Waals surface area contributed by atoms with E-state index in [0.29, 0.717) is 19.4 Å². The first-order chi connectivity index (χ1) is 7.51. The number of hydrogen-bond acceptors (Lipinski definition) is 4. The lowest BCUT2D eigenvalue weighted by atomic mass is 9.82. The summed E-state index contributed by atoms with van der Waals surface area (Å²) in [6.07, 6.45) is 2.73. The Bertz CT molecular complexity index is 357. The summed E-state index contributed by atoms with van der Waals surface area (Å²) in [6, 6.07) is 0. The van der Waals surface area contributed by atoms with E-state index in [1.807, 2.05) is 6.92 Å². The molecule has 6 nitrogen and oxygen atoms in total. The highest BCUT2D eigenvalue weighted by atomic mass is 16.3. The van der Waals surface area contributed by atoms with E-state index in [2.05, 4.69) is 10.4 Å². The number of carbonyl (C=O) groups excluding carboxylic acids is 1. The van der Waals surface area contributed by atoms with Crippen molar-refractivity contribution in [2.45, 2.75) is 33.2 Å². The van der Waals surface area contributed by atoms with Crippen LogP contribution in [0.1, 0.15) is 26.7 Å². The second-order valence-corrected chi connectivity index (χ2v) is 4.28. The molecule has 0 spiro atoms. The molecule has 0 amide bonds. The van der Waals surface area contributed by atoms with Crippen LogP contribution >= 0.6 is 0 Å². The maximum atomic E-state index is 11.9. The normalized spacial score (nSPS) is 14.8. The van der Waals surface area contributed by atoms with Crippen LogP contribution < -0.4 is 4.68 Å². The van der Waals surface area contributed by atoms with Crippen molar-refractivity contribution >= 4 is 5.78 Å². The quantitative estimate of drug-likeness (QED) is 0.663. The Morgan fingerprint density at radius 2 is 2.31 bits per heavy atom. The molecule has 1 heterocycles. The summed E-state index contributed by atoms with van der Waals surface area (Å²) in [4.78, 5) is 11.9. The lowest BCUT2D eigenvalue weighted by molar-refractivity contribution is -0.731. The molecule has 0 aliphatic rings. The predicted molar refractivity (Wildman–Crippen MR) is 56.3 cm³/mol. The third-order valence-corrected chi connectivity index (χ3v) is 2.97. The van der Waals surface area contributed by atoms with Crippen molar-refractivity contribution in [2.24, 2.45) is 12.5 Å². The molecule has 0 aromatic carbocycles. The molecule has 0 saturated heterocycles. The lowest BCUT2D eigenvalue weighted by Crippen LogP contribution is -2.32. The number of aliphatic hydroxyl groups excluding tert-OH is 1. The van der Waals surface area contributed by atoms with E-state index in [4.69, 9.17) is 0 Å². The minimum atomic E-state index is -0.622. The Morgan fingerprint density at radius 3 is 2.75 bits per heavy atom. The fourth-order valence-corrected chi connectivity index (χ4v) is 1.37. The number of aliphatic hydroxyl groups is 1. The highest BCUT2D eigenvalue weighted by molar-refractivity contribution is 5.84. The van der Waals surface area contributed by atoms with E-state index >= 15 is 0 Å². The second kappa shape index (κ2) is 5.16. The summed E-state index contributed by atoms with van der Waals surface area (Å²) >= 11 is 0. The summed E-state index contributed by atoms with van der Waals surface area (Å²) in [5, 5.41) is 16.8. The number of aromatic nitrogens is 4. The molecule has 1 atom stereocenters. The van der Waals surface area contributed by atoms with Gasteiger partial charge in [-0.2, -0.15) is 0 Å². The van der Waals surface area contributed by atoms with Gasteiger partial charge in [-0.15, -0.1) is 4.68 Å². The van der Waals surface area contributed by atoms with Crippen LogP contribution in [0, 0.1) is 5.41 Å². The largest absolute Gasteiger partial charge is 0.395 e. The highest BCUT2D eigenvalue weighted by Crippen LogP contribution is 2.23. The van der Waals surface area contributed by atoms with Crippen molar-refractivity contribution in [2.75, 3.05) is 6.61 Å². The molecule has 0 saturated carbocycles. The Kier molecular flexibility index (Phi) is 4.12. The molecule has 1 unspecified atom stereocenters. The van der Waals surface area contributed by atoms with Crippen molar-refractivity contribution in [3.8, 4) is 0 Å². The number of rotatable bonds is 6. The third kappa shape index (κ3) is 2.85. The van der Waals surface area contributed by atoms with Crippen LogP contribution in [0.25, 0.3) is 0 Å². The summed E-state index contributed by atoms with van der Waals surface area (Å²) in [7, 11) is 1.77. The van der Waals surface area contributed by atoms with Gasteiger partial charge in [0.15, 0.2) is 5.21 Å². The molecule has 90 valence electrons. The van der Waals surface area contributed by atoms with Gasteiger partial charge in [-0.25, -0.2) is 0 Å². The topological polar surface area (TPSA) is 71.9 Å². The standard InChI is InChI=1S/C10H19N4O2/c1-4-10(2,7-15)9(16)5-6-14-8-13(3)11-12-14/h8,15H,4-7H2,1-3H3/q+1. The van der Waals surface area contributed by atoms with Gasteiger partial charge in [0.25, 0.3) is 0 Å².